The molecule has 0 spiro atoms. The molecule has 0 saturated heterocycles. The Kier molecular flexibility index (Phi) is 3.26. The first-order chi connectivity index (χ1) is 8.04. The fourth-order valence-electron chi connectivity index (χ4n) is 1.91. The zero-order valence-corrected chi connectivity index (χ0v) is 10.3. The number of hydrogen-bond acceptors (Lipinski definition) is 3. The van der Waals surface area contributed by atoms with Crippen LogP contribution in [0.1, 0.15) is 27.2 Å². The minimum atomic E-state index is -0.316. The Labute approximate surface area is 99.9 Å². The summed E-state index contributed by atoms with van der Waals surface area (Å²) in [6, 6.07) is 3.30. The van der Waals surface area contributed by atoms with Crippen molar-refractivity contribution in [3.8, 4) is 0 Å². The average molecular weight is 236 g/mol. The monoisotopic (exact) mass is 236 g/mol. The number of hydrogen-bond donors (Lipinski definition) is 1. The van der Waals surface area contributed by atoms with Crippen LogP contribution in [0, 0.1) is 11.7 Å². The molecule has 1 unspecified atom stereocenters. The highest BCUT2D eigenvalue weighted by atomic mass is 19.1. The lowest BCUT2D eigenvalue weighted by Gasteiger charge is -2.13. The van der Waals surface area contributed by atoms with Crippen molar-refractivity contribution in [2.45, 2.75) is 33.2 Å². The highest BCUT2D eigenvalue weighted by Crippen LogP contribution is 2.11. The summed E-state index contributed by atoms with van der Waals surface area (Å²) >= 11 is 0. The van der Waals surface area contributed by atoms with E-state index in [1.165, 1.54) is 16.8 Å². The second-order valence-electron chi connectivity index (χ2n) is 4.76. The molecule has 0 aliphatic heterocycles. The van der Waals surface area contributed by atoms with Crippen LogP contribution in [0.25, 0.3) is 5.65 Å². The molecule has 2 rings (SSSR count). The van der Waals surface area contributed by atoms with Gasteiger partial charge in [-0.3, -0.25) is 0 Å². The zero-order chi connectivity index (χ0) is 12.4. The van der Waals surface area contributed by atoms with Crippen molar-refractivity contribution in [2.24, 2.45) is 5.92 Å². The number of nitrogens with one attached hydrogen (secondary N) is 1. The van der Waals surface area contributed by atoms with Gasteiger partial charge in [0.25, 0.3) is 0 Å². The van der Waals surface area contributed by atoms with Gasteiger partial charge in [-0.1, -0.05) is 13.8 Å². The van der Waals surface area contributed by atoms with E-state index in [0.29, 0.717) is 23.6 Å². The Morgan fingerprint density at radius 2 is 2.12 bits per heavy atom. The Morgan fingerprint density at radius 3 is 2.82 bits per heavy atom. The topological polar surface area (TPSA) is 42.2 Å². The van der Waals surface area contributed by atoms with Gasteiger partial charge in [0.2, 0.25) is 5.95 Å². The molecule has 5 heteroatoms. The molecule has 4 nitrogen and oxygen atoms in total. The van der Waals surface area contributed by atoms with E-state index in [2.05, 4.69) is 36.2 Å². The van der Waals surface area contributed by atoms with E-state index in [-0.39, 0.29) is 5.82 Å². The van der Waals surface area contributed by atoms with Gasteiger partial charge in [-0.25, -0.2) is 8.91 Å². The average Bonchev–Trinajstić information content (AvgIpc) is 2.57. The van der Waals surface area contributed by atoms with Crippen LogP contribution in [-0.2, 0) is 0 Å². The number of halogens is 1. The Hall–Kier alpha value is -1.65. The van der Waals surface area contributed by atoms with Crippen LogP contribution >= 0.6 is 0 Å². The molecule has 0 amide bonds. The molecular weight excluding hydrogens is 219 g/mol. The predicted octanol–water partition coefficient (Wildman–Crippen LogP) is 2.71. The number of rotatable bonds is 4. The van der Waals surface area contributed by atoms with Gasteiger partial charge in [0.15, 0.2) is 5.65 Å². The minimum Gasteiger partial charge on any atom is -0.350 e. The van der Waals surface area contributed by atoms with E-state index < -0.39 is 0 Å². The number of nitrogens with zero attached hydrogens (tertiary/aromatic N) is 3. The third kappa shape index (κ3) is 2.93. The third-order valence-corrected chi connectivity index (χ3v) is 2.50. The maximum atomic E-state index is 13.0. The van der Waals surface area contributed by atoms with Gasteiger partial charge in [-0.15, -0.1) is 5.10 Å². The molecule has 2 aromatic heterocycles. The van der Waals surface area contributed by atoms with Crippen LogP contribution in [0.5, 0.6) is 0 Å². The molecule has 0 aliphatic carbocycles. The lowest BCUT2D eigenvalue weighted by atomic mass is 10.1. The number of aromatic nitrogens is 3. The van der Waals surface area contributed by atoms with Gasteiger partial charge in [-0.2, -0.15) is 4.98 Å². The normalized spacial score (nSPS) is 13.2. The van der Waals surface area contributed by atoms with Crippen molar-refractivity contribution in [3.63, 3.8) is 0 Å². The van der Waals surface area contributed by atoms with Crippen molar-refractivity contribution in [1.29, 1.82) is 0 Å². The first-order valence-electron chi connectivity index (χ1n) is 5.83. The molecule has 1 N–H and O–H groups in total. The standard InChI is InChI=1S/C12H17FN4/c1-8(2)6-9(3)14-12-15-11-5-4-10(13)7-17(11)16-12/h4-5,7-9H,6H2,1-3H3,(H,14,16). The van der Waals surface area contributed by atoms with E-state index in [1.54, 1.807) is 6.07 Å². The molecule has 0 fully saturated rings. The SMILES string of the molecule is CC(C)CC(C)Nc1nc2ccc(F)cn2n1. The van der Waals surface area contributed by atoms with Crippen LogP contribution in [-0.4, -0.2) is 20.6 Å². The van der Waals surface area contributed by atoms with Crippen molar-refractivity contribution in [1.82, 2.24) is 14.6 Å². The van der Waals surface area contributed by atoms with Crippen LogP contribution < -0.4 is 5.32 Å². The summed E-state index contributed by atoms with van der Waals surface area (Å²) in [4.78, 5) is 4.28. The first-order valence-corrected chi connectivity index (χ1v) is 5.83. The zero-order valence-electron chi connectivity index (χ0n) is 10.3. The minimum absolute atomic E-state index is 0.303. The number of anilines is 1. The molecular formula is C12H17FN4. The van der Waals surface area contributed by atoms with Crippen LogP contribution in [0.4, 0.5) is 10.3 Å². The van der Waals surface area contributed by atoms with Crippen molar-refractivity contribution < 1.29 is 4.39 Å². The molecule has 92 valence electrons. The molecule has 2 aromatic rings. The molecule has 0 radical (unpaired) electrons. The highest BCUT2D eigenvalue weighted by Gasteiger charge is 2.09. The summed E-state index contributed by atoms with van der Waals surface area (Å²) in [6.45, 7) is 6.43. The molecule has 17 heavy (non-hydrogen) atoms. The second-order valence-corrected chi connectivity index (χ2v) is 4.76. The summed E-state index contributed by atoms with van der Waals surface area (Å²) < 4.78 is 14.4. The Morgan fingerprint density at radius 1 is 1.35 bits per heavy atom. The summed E-state index contributed by atoms with van der Waals surface area (Å²) in [6.07, 6.45) is 2.37. The molecule has 0 aromatic carbocycles. The van der Waals surface area contributed by atoms with E-state index in [9.17, 15) is 4.39 Å². The number of pyridine rings is 1. The van der Waals surface area contributed by atoms with Crippen molar-refractivity contribution in [3.05, 3.63) is 24.1 Å². The smallest absolute Gasteiger partial charge is 0.243 e. The quantitative estimate of drug-likeness (QED) is 0.887. The second kappa shape index (κ2) is 4.69. The van der Waals surface area contributed by atoms with Gasteiger partial charge in [0.05, 0.1) is 6.20 Å². The van der Waals surface area contributed by atoms with Crippen LogP contribution in [0.3, 0.4) is 0 Å². The number of fused-ring (bicyclic) bond motifs is 1. The lowest BCUT2D eigenvalue weighted by Crippen LogP contribution is -2.18. The van der Waals surface area contributed by atoms with E-state index in [4.69, 9.17) is 0 Å². The maximum Gasteiger partial charge on any atom is 0.243 e. The molecule has 2 heterocycles. The van der Waals surface area contributed by atoms with Gasteiger partial charge >= 0.3 is 0 Å². The first kappa shape index (κ1) is 11.8. The molecule has 0 aliphatic rings. The van der Waals surface area contributed by atoms with Gasteiger partial charge in [-0.05, 0) is 31.4 Å². The fourth-order valence-corrected chi connectivity index (χ4v) is 1.91. The van der Waals surface area contributed by atoms with Gasteiger partial charge < -0.3 is 5.32 Å². The largest absolute Gasteiger partial charge is 0.350 e. The Bertz CT molecular complexity index is 506. The van der Waals surface area contributed by atoms with E-state index in [0.717, 1.165) is 6.42 Å². The summed E-state index contributed by atoms with van der Waals surface area (Å²) in [5.41, 5.74) is 0.644. The molecule has 0 bridgehead atoms. The van der Waals surface area contributed by atoms with Gasteiger partial charge in [0.1, 0.15) is 5.82 Å². The fraction of sp³-hybridized carbons (Fsp3) is 0.500. The van der Waals surface area contributed by atoms with Gasteiger partial charge in [0, 0.05) is 6.04 Å². The van der Waals surface area contributed by atoms with E-state index >= 15 is 0 Å². The third-order valence-electron chi connectivity index (χ3n) is 2.50. The van der Waals surface area contributed by atoms with Crippen molar-refractivity contribution >= 4 is 11.6 Å². The van der Waals surface area contributed by atoms with Crippen molar-refractivity contribution in [2.75, 3.05) is 5.32 Å². The summed E-state index contributed by atoms with van der Waals surface area (Å²) in [7, 11) is 0. The van der Waals surface area contributed by atoms with Crippen LogP contribution in [0.15, 0.2) is 18.3 Å². The highest BCUT2D eigenvalue weighted by molar-refractivity contribution is 5.43. The molecule has 0 saturated carbocycles. The predicted molar refractivity (Wildman–Crippen MR) is 65.5 cm³/mol. The summed E-state index contributed by atoms with van der Waals surface area (Å²) in [5, 5.41) is 7.39. The van der Waals surface area contributed by atoms with Crippen LogP contribution in [0.2, 0.25) is 0 Å². The van der Waals surface area contributed by atoms with E-state index in [1.807, 2.05) is 0 Å². The Balaban J connectivity index is 2.14. The lowest BCUT2D eigenvalue weighted by molar-refractivity contribution is 0.537. The summed E-state index contributed by atoms with van der Waals surface area (Å²) in [5.74, 6) is 0.847. The maximum absolute atomic E-state index is 13.0. The molecule has 1 atom stereocenters.